The number of hydrogen-bond donors (Lipinski definition) is 1. The van der Waals surface area contributed by atoms with Crippen LogP contribution in [0.25, 0.3) is 0 Å². The van der Waals surface area contributed by atoms with E-state index in [2.05, 4.69) is 0 Å². The highest BCUT2D eigenvalue weighted by Gasteiger charge is 2.01. The van der Waals surface area contributed by atoms with Crippen molar-refractivity contribution < 1.29 is 9.90 Å². The number of carbonyl (C=O) groups is 1. The lowest BCUT2D eigenvalue weighted by Gasteiger charge is -2.18. The van der Waals surface area contributed by atoms with Crippen LogP contribution in [-0.4, -0.2) is 24.5 Å². The summed E-state index contributed by atoms with van der Waals surface area (Å²) in [4.78, 5) is 12.8. The van der Waals surface area contributed by atoms with Gasteiger partial charge in [0, 0.05) is 25.7 Å². The van der Waals surface area contributed by atoms with Gasteiger partial charge >= 0.3 is 0 Å². The van der Waals surface area contributed by atoms with Gasteiger partial charge in [-0.3, -0.25) is 4.79 Å². The highest BCUT2D eigenvalue weighted by Crippen LogP contribution is 2.17. The predicted molar refractivity (Wildman–Crippen MR) is 56.7 cm³/mol. The molecule has 0 saturated carbocycles. The Morgan fingerprint density at radius 2 is 1.93 bits per heavy atom. The first-order valence-corrected chi connectivity index (χ1v) is 4.59. The van der Waals surface area contributed by atoms with Crippen molar-refractivity contribution in [3.63, 3.8) is 0 Å². The minimum absolute atomic E-state index is 0.190. The molecule has 14 heavy (non-hydrogen) atoms. The topological polar surface area (TPSA) is 40.5 Å². The van der Waals surface area contributed by atoms with E-state index in [1.165, 1.54) is 0 Å². The van der Waals surface area contributed by atoms with Gasteiger partial charge < -0.3 is 10.0 Å². The zero-order valence-corrected chi connectivity index (χ0v) is 8.53. The summed E-state index contributed by atoms with van der Waals surface area (Å²) in [5.74, 6) is 0.448. The molecule has 1 aromatic carbocycles. The maximum atomic E-state index is 10.8. The fourth-order valence-electron chi connectivity index (χ4n) is 1.16. The standard InChI is InChI=1S/C11H15NO2/c1-9(13)7-8-12(2)10-3-5-11(14)6-4-10/h3-6,14H,7-8H2,1-2H3. The van der Waals surface area contributed by atoms with Crippen molar-refractivity contribution in [2.75, 3.05) is 18.5 Å². The van der Waals surface area contributed by atoms with Gasteiger partial charge in [-0.25, -0.2) is 0 Å². The molecule has 0 radical (unpaired) electrons. The Morgan fingerprint density at radius 1 is 1.36 bits per heavy atom. The lowest BCUT2D eigenvalue weighted by Crippen LogP contribution is -2.20. The summed E-state index contributed by atoms with van der Waals surface area (Å²) in [6.45, 7) is 2.30. The van der Waals surface area contributed by atoms with Crippen molar-refractivity contribution in [2.45, 2.75) is 13.3 Å². The number of hydrogen-bond acceptors (Lipinski definition) is 3. The van der Waals surface area contributed by atoms with E-state index in [-0.39, 0.29) is 11.5 Å². The predicted octanol–water partition coefficient (Wildman–Crippen LogP) is 1.81. The molecule has 0 heterocycles. The van der Waals surface area contributed by atoms with Crippen LogP contribution in [0, 0.1) is 0 Å². The fraction of sp³-hybridized carbons (Fsp3) is 0.364. The minimum Gasteiger partial charge on any atom is -0.508 e. The molecule has 0 unspecified atom stereocenters. The largest absolute Gasteiger partial charge is 0.508 e. The second-order valence-corrected chi connectivity index (χ2v) is 3.39. The molecular weight excluding hydrogens is 178 g/mol. The Labute approximate surface area is 84.0 Å². The molecule has 76 valence electrons. The number of benzene rings is 1. The molecule has 0 aliphatic carbocycles. The third-order valence-corrected chi connectivity index (χ3v) is 2.09. The zero-order chi connectivity index (χ0) is 10.6. The SMILES string of the molecule is CC(=O)CCN(C)c1ccc(O)cc1. The van der Waals surface area contributed by atoms with Gasteiger partial charge in [0.15, 0.2) is 0 Å². The number of carbonyl (C=O) groups excluding carboxylic acids is 1. The molecule has 0 saturated heterocycles. The number of Topliss-reactive ketones (excluding diaryl/α,β-unsaturated/α-hetero) is 1. The van der Waals surface area contributed by atoms with Crippen LogP contribution in [0.3, 0.4) is 0 Å². The monoisotopic (exact) mass is 193 g/mol. The van der Waals surface area contributed by atoms with Crippen LogP contribution in [0.2, 0.25) is 0 Å². The number of phenols is 1. The first-order valence-electron chi connectivity index (χ1n) is 4.59. The lowest BCUT2D eigenvalue weighted by atomic mass is 10.2. The second kappa shape index (κ2) is 4.65. The highest BCUT2D eigenvalue weighted by atomic mass is 16.3. The van der Waals surface area contributed by atoms with E-state index in [1.54, 1.807) is 19.1 Å². The molecule has 0 fully saturated rings. The van der Waals surface area contributed by atoms with Crippen molar-refractivity contribution >= 4 is 11.5 Å². The average Bonchev–Trinajstić information content (AvgIpc) is 2.15. The number of phenolic OH excluding ortho intramolecular Hbond substituents is 1. The summed E-state index contributed by atoms with van der Waals surface area (Å²) < 4.78 is 0. The van der Waals surface area contributed by atoms with Gasteiger partial charge in [0.05, 0.1) is 0 Å². The quantitative estimate of drug-likeness (QED) is 0.792. The zero-order valence-electron chi connectivity index (χ0n) is 8.53. The first-order chi connectivity index (χ1) is 6.59. The van der Waals surface area contributed by atoms with Crippen LogP contribution in [-0.2, 0) is 4.79 Å². The number of rotatable bonds is 4. The van der Waals surface area contributed by atoms with Gasteiger partial charge in [0.25, 0.3) is 0 Å². The summed E-state index contributed by atoms with van der Waals surface area (Å²) in [7, 11) is 1.93. The van der Waals surface area contributed by atoms with Crippen LogP contribution in [0.15, 0.2) is 24.3 Å². The van der Waals surface area contributed by atoms with Crippen LogP contribution < -0.4 is 4.90 Å². The van der Waals surface area contributed by atoms with Gasteiger partial charge in [-0.2, -0.15) is 0 Å². The van der Waals surface area contributed by atoms with Crippen molar-refractivity contribution in [1.82, 2.24) is 0 Å². The molecule has 0 spiro atoms. The molecule has 0 amide bonds. The summed E-state index contributed by atoms with van der Waals surface area (Å²) in [6, 6.07) is 6.93. The third-order valence-electron chi connectivity index (χ3n) is 2.09. The van der Waals surface area contributed by atoms with Crippen molar-refractivity contribution in [3.8, 4) is 5.75 Å². The van der Waals surface area contributed by atoms with Gasteiger partial charge in [-0.1, -0.05) is 0 Å². The van der Waals surface area contributed by atoms with Crippen LogP contribution >= 0.6 is 0 Å². The van der Waals surface area contributed by atoms with E-state index >= 15 is 0 Å². The molecule has 0 aliphatic rings. The number of ketones is 1. The lowest BCUT2D eigenvalue weighted by molar-refractivity contribution is -0.116. The number of anilines is 1. The Bertz CT molecular complexity index is 306. The van der Waals surface area contributed by atoms with Crippen LogP contribution in [0.4, 0.5) is 5.69 Å². The third kappa shape index (κ3) is 3.09. The Morgan fingerprint density at radius 3 is 2.43 bits per heavy atom. The average molecular weight is 193 g/mol. The molecule has 1 aromatic rings. The summed E-state index contributed by atoms with van der Waals surface area (Å²) in [5.41, 5.74) is 1.00. The molecule has 0 atom stereocenters. The van der Waals surface area contributed by atoms with Crippen molar-refractivity contribution in [3.05, 3.63) is 24.3 Å². The fourth-order valence-corrected chi connectivity index (χ4v) is 1.16. The molecule has 0 aromatic heterocycles. The molecular formula is C11H15NO2. The maximum Gasteiger partial charge on any atom is 0.131 e. The summed E-state index contributed by atoms with van der Waals surface area (Å²) in [6.07, 6.45) is 0.553. The van der Waals surface area contributed by atoms with E-state index in [4.69, 9.17) is 5.11 Å². The van der Waals surface area contributed by atoms with E-state index in [9.17, 15) is 4.79 Å². The van der Waals surface area contributed by atoms with Crippen LogP contribution in [0.1, 0.15) is 13.3 Å². The summed E-state index contributed by atoms with van der Waals surface area (Å²) >= 11 is 0. The van der Waals surface area contributed by atoms with E-state index in [1.807, 2.05) is 24.1 Å². The molecule has 3 nitrogen and oxygen atoms in total. The number of aromatic hydroxyl groups is 1. The highest BCUT2D eigenvalue weighted by molar-refractivity contribution is 5.76. The van der Waals surface area contributed by atoms with Crippen molar-refractivity contribution in [2.24, 2.45) is 0 Å². The van der Waals surface area contributed by atoms with E-state index in [0.29, 0.717) is 13.0 Å². The molecule has 0 bridgehead atoms. The molecule has 3 heteroatoms. The Balaban J connectivity index is 2.56. The normalized spacial score (nSPS) is 9.86. The van der Waals surface area contributed by atoms with Gasteiger partial charge in [-0.15, -0.1) is 0 Å². The molecule has 0 aliphatic heterocycles. The van der Waals surface area contributed by atoms with E-state index < -0.39 is 0 Å². The Hall–Kier alpha value is -1.51. The van der Waals surface area contributed by atoms with Gasteiger partial charge in [-0.05, 0) is 31.2 Å². The second-order valence-electron chi connectivity index (χ2n) is 3.39. The maximum absolute atomic E-state index is 10.8. The minimum atomic E-state index is 0.190. The van der Waals surface area contributed by atoms with Crippen molar-refractivity contribution in [1.29, 1.82) is 0 Å². The Kier molecular flexibility index (Phi) is 3.51. The van der Waals surface area contributed by atoms with Crippen LogP contribution in [0.5, 0.6) is 5.75 Å². The van der Waals surface area contributed by atoms with Gasteiger partial charge in [0.1, 0.15) is 11.5 Å². The summed E-state index contributed by atoms with van der Waals surface area (Å²) in [5, 5.41) is 9.08. The van der Waals surface area contributed by atoms with E-state index in [0.717, 1.165) is 5.69 Å². The van der Waals surface area contributed by atoms with Gasteiger partial charge in [0.2, 0.25) is 0 Å². The number of nitrogens with zero attached hydrogens (tertiary/aromatic N) is 1. The molecule has 1 rings (SSSR count). The smallest absolute Gasteiger partial charge is 0.131 e. The molecule has 1 N–H and O–H groups in total. The first kappa shape index (κ1) is 10.6.